The summed E-state index contributed by atoms with van der Waals surface area (Å²) >= 11 is 0. The van der Waals surface area contributed by atoms with Crippen molar-refractivity contribution in [1.29, 1.82) is 0 Å². The quantitative estimate of drug-likeness (QED) is 0.580. The van der Waals surface area contributed by atoms with E-state index in [0.29, 0.717) is 23.8 Å². The number of morpholine rings is 1. The van der Waals surface area contributed by atoms with Gasteiger partial charge < -0.3 is 14.8 Å². The monoisotopic (exact) mass is 396 g/mol. The van der Waals surface area contributed by atoms with Crippen LogP contribution in [0.1, 0.15) is 15.9 Å². The average Bonchev–Trinajstić information content (AvgIpc) is 2.75. The lowest BCUT2D eigenvalue weighted by molar-refractivity contribution is 0.0394. The van der Waals surface area contributed by atoms with Gasteiger partial charge in [-0.3, -0.25) is 20.0 Å². The SMILES string of the molecule is COc1ccccc1NC(=NCCN1CCOCC1)NC(=O)c1cccc(C)c1. The predicted octanol–water partition coefficient (Wildman–Crippen LogP) is 2.53. The number of amides is 1. The molecule has 0 spiro atoms. The molecular formula is C22H28N4O3. The van der Waals surface area contributed by atoms with Gasteiger partial charge in [0.15, 0.2) is 0 Å². The molecule has 3 rings (SSSR count). The van der Waals surface area contributed by atoms with E-state index in [4.69, 9.17) is 9.47 Å². The molecule has 1 amide bonds. The maximum absolute atomic E-state index is 12.7. The van der Waals surface area contributed by atoms with Gasteiger partial charge in [0.05, 0.1) is 32.6 Å². The summed E-state index contributed by atoms with van der Waals surface area (Å²) in [5, 5.41) is 6.10. The number of carbonyl (C=O) groups is 1. The molecule has 0 aromatic heterocycles. The summed E-state index contributed by atoms with van der Waals surface area (Å²) in [5.74, 6) is 0.869. The molecule has 0 bridgehead atoms. The maximum Gasteiger partial charge on any atom is 0.257 e. The first-order valence-corrected chi connectivity index (χ1v) is 9.78. The number of aryl methyl sites for hydroxylation is 1. The highest BCUT2D eigenvalue weighted by Gasteiger charge is 2.13. The molecule has 2 N–H and O–H groups in total. The molecule has 0 unspecified atom stereocenters. The first kappa shape index (κ1) is 20.8. The number of para-hydroxylation sites is 2. The minimum absolute atomic E-state index is 0.207. The van der Waals surface area contributed by atoms with E-state index in [1.807, 2.05) is 49.4 Å². The number of aliphatic imine (C=N–C) groups is 1. The summed E-state index contributed by atoms with van der Waals surface area (Å²) < 4.78 is 10.8. The van der Waals surface area contributed by atoms with Crippen LogP contribution in [0.5, 0.6) is 5.75 Å². The maximum atomic E-state index is 12.7. The van der Waals surface area contributed by atoms with Crippen LogP contribution < -0.4 is 15.4 Å². The Bertz CT molecular complexity index is 847. The third-order valence-electron chi connectivity index (χ3n) is 4.66. The second kappa shape index (κ2) is 10.6. The van der Waals surface area contributed by atoms with Crippen LogP contribution in [0.4, 0.5) is 5.69 Å². The van der Waals surface area contributed by atoms with Crippen LogP contribution in [0.2, 0.25) is 0 Å². The number of guanidine groups is 1. The lowest BCUT2D eigenvalue weighted by Crippen LogP contribution is -2.39. The fourth-order valence-electron chi connectivity index (χ4n) is 3.08. The second-order valence-electron chi connectivity index (χ2n) is 6.83. The highest BCUT2D eigenvalue weighted by atomic mass is 16.5. The Labute approximate surface area is 171 Å². The van der Waals surface area contributed by atoms with Crippen molar-refractivity contribution in [3.8, 4) is 5.75 Å². The van der Waals surface area contributed by atoms with Gasteiger partial charge in [0.1, 0.15) is 5.75 Å². The smallest absolute Gasteiger partial charge is 0.257 e. The van der Waals surface area contributed by atoms with Crippen LogP contribution in [0, 0.1) is 6.92 Å². The van der Waals surface area contributed by atoms with Crippen molar-refractivity contribution < 1.29 is 14.3 Å². The minimum Gasteiger partial charge on any atom is -0.495 e. The van der Waals surface area contributed by atoms with E-state index in [1.165, 1.54) is 0 Å². The van der Waals surface area contributed by atoms with Crippen LogP contribution >= 0.6 is 0 Å². The summed E-state index contributed by atoms with van der Waals surface area (Å²) in [7, 11) is 1.61. The lowest BCUT2D eigenvalue weighted by atomic mass is 10.1. The molecule has 1 aliphatic heterocycles. The number of ether oxygens (including phenoxy) is 2. The van der Waals surface area contributed by atoms with Gasteiger partial charge in [-0.15, -0.1) is 0 Å². The highest BCUT2D eigenvalue weighted by Crippen LogP contribution is 2.22. The molecule has 1 heterocycles. The van der Waals surface area contributed by atoms with Crippen molar-refractivity contribution in [2.75, 3.05) is 51.8 Å². The Hall–Kier alpha value is -2.90. The van der Waals surface area contributed by atoms with Crippen molar-refractivity contribution in [3.05, 3.63) is 59.7 Å². The van der Waals surface area contributed by atoms with Gasteiger partial charge in [-0.25, -0.2) is 0 Å². The topological polar surface area (TPSA) is 75.2 Å². The van der Waals surface area contributed by atoms with Crippen LogP contribution in [0.25, 0.3) is 0 Å². The molecule has 0 radical (unpaired) electrons. The van der Waals surface area contributed by atoms with Gasteiger partial charge >= 0.3 is 0 Å². The molecule has 2 aromatic rings. The molecule has 1 fully saturated rings. The molecule has 0 saturated carbocycles. The summed E-state index contributed by atoms with van der Waals surface area (Å²) in [6.45, 7) is 6.63. The van der Waals surface area contributed by atoms with Crippen LogP contribution in [0.15, 0.2) is 53.5 Å². The molecule has 29 heavy (non-hydrogen) atoms. The number of carbonyl (C=O) groups excluding carboxylic acids is 1. The molecule has 1 saturated heterocycles. The third kappa shape index (κ3) is 6.30. The largest absolute Gasteiger partial charge is 0.495 e. The Balaban J connectivity index is 1.72. The number of hydrogen-bond donors (Lipinski definition) is 2. The van der Waals surface area contributed by atoms with Crippen molar-refractivity contribution >= 4 is 17.6 Å². The van der Waals surface area contributed by atoms with Gasteiger partial charge in [0.25, 0.3) is 5.91 Å². The molecule has 0 atom stereocenters. The summed E-state index contributed by atoms with van der Waals surface area (Å²) in [4.78, 5) is 19.6. The first-order chi connectivity index (χ1) is 14.2. The zero-order chi connectivity index (χ0) is 20.5. The van der Waals surface area contributed by atoms with Gasteiger partial charge in [-0.1, -0.05) is 29.8 Å². The van der Waals surface area contributed by atoms with Crippen molar-refractivity contribution in [1.82, 2.24) is 10.2 Å². The fraction of sp³-hybridized carbons (Fsp3) is 0.364. The van der Waals surface area contributed by atoms with Gasteiger partial charge in [0, 0.05) is 25.2 Å². The number of methoxy groups -OCH3 is 1. The molecule has 2 aromatic carbocycles. The van der Waals surface area contributed by atoms with E-state index >= 15 is 0 Å². The van der Waals surface area contributed by atoms with E-state index in [1.54, 1.807) is 13.2 Å². The zero-order valence-corrected chi connectivity index (χ0v) is 17.0. The predicted molar refractivity (Wildman–Crippen MR) is 115 cm³/mol. The Kier molecular flexibility index (Phi) is 7.61. The van der Waals surface area contributed by atoms with E-state index in [-0.39, 0.29) is 5.91 Å². The standard InChI is InChI=1S/C22H28N4O3/c1-17-6-5-7-18(16-17)21(27)25-22(23-10-11-26-12-14-29-15-13-26)24-19-8-3-4-9-20(19)28-2/h3-9,16H,10-15H2,1-2H3,(H2,23,24,25,27). The number of anilines is 1. The molecule has 0 aliphatic carbocycles. The number of nitrogens with zero attached hydrogens (tertiary/aromatic N) is 2. The highest BCUT2D eigenvalue weighted by molar-refractivity contribution is 6.10. The Morgan fingerprint density at radius 3 is 2.72 bits per heavy atom. The zero-order valence-electron chi connectivity index (χ0n) is 17.0. The molecular weight excluding hydrogens is 368 g/mol. The van der Waals surface area contributed by atoms with Crippen molar-refractivity contribution in [2.45, 2.75) is 6.92 Å². The van der Waals surface area contributed by atoms with E-state index in [9.17, 15) is 4.79 Å². The normalized spacial score (nSPS) is 15.0. The molecule has 1 aliphatic rings. The minimum atomic E-state index is -0.207. The van der Waals surface area contributed by atoms with Crippen LogP contribution in [-0.2, 0) is 4.74 Å². The lowest BCUT2D eigenvalue weighted by Gasteiger charge is -2.25. The van der Waals surface area contributed by atoms with Crippen LogP contribution in [0.3, 0.4) is 0 Å². The number of hydrogen-bond acceptors (Lipinski definition) is 5. The summed E-state index contributed by atoms with van der Waals surface area (Å²) in [6.07, 6.45) is 0. The molecule has 7 heteroatoms. The molecule has 154 valence electrons. The Morgan fingerprint density at radius 2 is 1.97 bits per heavy atom. The third-order valence-corrected chi connectivity index (χ3v) is 4.66. The number of nitrogens with one attached hydrogen (secondary N) is 2. The van der Waals surface area contributed by atoms with Gasteiger partial charge in [-0.05, 0) is 31.2 Å². The summed E-state index contributed by atoms with van der Waals surface area (Å²) in [5.41, 5.74) is 2.36. The van der Waals surface area contributed by atoms with Crippen molar-refractivity contribution in [3.63, 3.8) is 0 Å². The molecule has 7 nitrogen and oxygen atoms in total. The Morgan fingerprint density at radius 1 is 1.17 bits per heavy atom. The van der Waals surface area contributed by atoms with Crippen LogP contribution in [-0.4, -0.2) is 63.3 Å². The number of benzene rings is 2. The van der Waals surface area contributed by atoms with Crippen molar-refractivity contribution in [2.24, 2.45) is 4.99 Å². The second-order valence-corrected chi connectivity index (χ2v) is 6.83. The average molecular weight is 396 g/mol. The number of rotatable bonds is 6. The summed E-state index contributed by atoms with van der Waals surface area (Å²) in [6, 6.07) is 15.0. The van der Waals surface area contributed by atoms with Gasteiger partial charge in [0.2, 0.25) is 5.96 Å². The van der Waals surface area contributed by atoms with E-state index in [2.05, 4.69) is 20.5 Å². The van der Waals surface area contributed by atoms with Gasteiger partial charge in [-0.2, -0.15) is 0 Å². The fourth-order valence-corrected chi connectivity index (χ4v) is 3.08. The first-order valence-electron chi connectivity index (χ1n) is 9.78. The van der Waals surface area contributed by atoms with E-state index in [0.717, 1.165) is 44.1 Å². The van der Waals surface area contributed by atoms with E-state index < -0.39 is 0 Å².